The number of nitrogens with one attached hydrogen (secondary N) is 1. The maximum atomic E-state index is 9.26. The SMILES string of the molecule is CC1(N)C(O)CNCC1O. The first-order valence-electron chi connectivity index (χ1n) is 3.41. The van der Waals surface area contributed by atoms with Gasteiger partial charge in [-0.3, -0.25) is 0 Å². The van der Waals surface area contributed by atoms with Crippen LogP contribution in [-0.2, 0) is 0 Å². The van der Waals surface area contributed by atoms with Crippen molar-refractivity contribution in [3.8, 4) is 0 Å². The molecule has 1 rings (SSSR count). The lowest BCUT2D eigenvalue weighted by Gasteiger charge is -2.39. The number of piperidine rings is 1. The third kappa shape index (κ3) is 1.15. The standard InChI is InChI=1S/C6H14N2O2/c1-6(7)4(9)2-8-3-5(6)10/h4-5,8-10H,2-3,7H2,1H3. The van der Waals surface area contributed by atoms with Gasteiger partial charge in [-0.1, -0.05) is 0 Å². The van der Waals surface area contributed by atoms with Crippen LogP contribution in [0.1, 0.15) is 6.92 Å². The summed E-state index contributed by atoms with van der Waals surface area (Å²) in [5, 5.41) is 21.4. The number of rotatable bonds is 0. The number of aliphatic hydroxyl groups excluding tert-OH is 2. The Labute approximate surface area is 60.0 Å². The molecule has 1 saturated heterocycles. The first-order valence-corrected chi connectivity index (χ1v) is 3.41. The minimum absolute atomic E-state index is 0.462. The van der Waals surface area contributed by atoms with Crippen LogP contribution in [0, 0.1) is 0 Å². The van der Waals surface area contributed by atoms with Gasteiger partial charge in [-0.25, -0.2) is 0 Å². The second kappa shape index (κ2) is 2.47. The summed E-state index contributed by atoms with van der Waals surface area (Å²) in [6.45, 7) is 2.58. The van der Waals surface area contributed by atoms with E-state index in [4.69, 9.17) is 5.73 Å². The Kier molecular flexibility index (Phi) is 1.96. The number of hydrogen-bond donors (Lipinski definition) is 4. The topological polar surface area (TPSA) is 78.5 Å². The van der Waals surface area contributed by atoms with Gasteiger partial charge in [-0.05, 0) is 6.92 Å². The highest BCUT2D eigenvalue weighted by Crippen LogP contribution is 2.14. The molecule has 0 radical (unpaired) electrons. The van der Waals surface area contributed by atoms with E-state index in [9.17, 15) is 10.2 Å². The lowest BCUT2D eigenvalue weighted by atomic mass is 9.86. The maximum Gasteiger partial charge on any atom is 0.0866 e. The van der Waals surface area contributed by atoms with Crippen molar-refractivity contribution < 1.29 is 10.2 Å². The van der Waals surface area contributed by atoms with Crippen LogP contribution in [0.3, 0.4) is 0 Å². The summed E-state index contributed by atoms with van der Waals surface area (Å²) >= 11 is 0. The fourth-order valence-corrected chi connectivity index (χ4v) is 1.02. The average Bonchev–Trinajstić information content (AvgIpc) is 1.84. The summed E-state index contributed by atoms with van der Waals surface area (Å²) in [6, 6.07) is 0. The number of β-amino-alcohol motifs (C(OH)–C–C–N with tert-alkyl or cyclic N) is 2. The summed E-state index contributed by atoms with van der Waals surface area (Å²) in [5.74, 6) is 0. The zero-order valence-electron chi connectivity index (χ0n) is 6.04. The zero-order chi connectivity index (χ0) is 7.78. The quantitative estimate of drug-likeness (QED) is 0.319. The van der Waals surface area contributed by atoms with Crippen LogP contribution in [0.4, 0.5) is 0 Å². The van der Waals surface area contributed by atoms with E-state index in [1.54, 1.807) is 6.92 Å². The largest absolute Gasteiger partial charge is 0.390 e. The predicted octanol–water partition coefficient (Wildman–Crippen LogP) is -1.97. The second-order valence-corrected chi connectivity index (χ2v) is 3.06. The summed E-state index contributed by atoms with van der Waals surface area (Å²) < 4.78 is 0. The van der Waals surface area contributed by atoms with Crippen LogP contribution in [0.2, 0.25) is 0 Å². The Hall–Kier alpha value is -0.160. The van der Waals surface area contributed by atoms with Gasteiger partial charge >= 0.3 is 0 Å². The molecule has 0 aliphatic carbocycles. The Balaban J connectivity index is 2.63. The van der Waals surface area contributed by atoms with Gasteiger partial charge in [0.2, 0.25) is 0 Å². The predicted molar refractivity (Wildman–Crippen MR) is 37.5 cm³/mol. The Bertz CT molecular complexity index is 115. The highest BCUT2D eigenvalue weighted by atomic mass is 16.3. The molecule has 4 heteroatoms. The average molecular weight is 146 g/mol. The number of aliphatic hydroxyl groups is 2. The molecule has 1 aliphatic heterocycles. The molecule has 5 N–H and O–H groups in total. The van der Waals surface area contributed by atoms with Gasteiger partial charge in [0.1, 0.15) is 0 Å². The van der Waals surface area contributed by atoms with Crippen molar-refractivity contribution in [3.63, 3.8) is 0 Å². The Morgan fingerprint density at radius 2 is 1.80 bits per heavy atom. The van der Waals surface area contributed by atoms with Crippen molar-refractivity contribution in [2.75, 3.05) is 13.1 Å². The summed E-state index contributed by atoms with van der Waals surface area (Å²) in [5.41, 5.74) is 4.77. The first kappa shape index (κ1) is 7.94. The number of hydrogen-bond acceptors (Lipinski definition) is 4. The number of nitrogens with two attached hydrogens (primary N) is 1. The molecule has 10 heavy (non-hydrogen) atoms. The van der Waals surface area contributed by atoms with E-state index >= 15 is 0 Å². The molecular formula is C6H14N2O2. The zero-order valence-corrected chi connectivity index (χ0v) is 6.04. The Morgan fingerprint density at radius 3 is 2.10 bits per heavy atom. The minimum atomic E-state index is -0.856. The van der Waals surface area contributed by atoms with Crippen molar-refractivity contribution in [2.45, 2.75) is 24.7 Å². The third-order valence-electron chi connectivity index (χ3n) is 2.11. The van der Waals surface area contributed by atoms with Crippen LogP contribution in [0.25, 0.3) is 0 Å². The van der Waals surface area contributed by atoms with Crippen LogP contribution < -0.4 is 11.1 Å². The molecule has 0 amide bonds. The van der Waals surface area contributed by atoms with Gasteiger partial charge in [0.05, 0.1) is 17.7 Å². The molecule has 0 aromatic rings. The van der Waals surface area contributed by atoms with Crippen molar-refractivity contribution in [1.29, 1.82) is 0 Å². The molecule has 1 heterocycles. The summed E-state index contributed by atoms with van der Waals surface area (Å²) in [7, 11) is 0. The molecule has 0 saturated carbocycles. The fraction of sp³-hybridized carbons (Fsp3) is 1.00. The normalized spacial score (nSPS) is 49.2. The van der Waals surface area contributed by atoms with E-state index in [2.05, 4.69) is 5.32 Å². The molecule has 2 atom stereocenters. The summed E-state index contributed by atoms with van der Waals surface area (Å²) in [4.78, 5) is 0. The van der Waals surface area contributed by atoms with E-state index in [0.717, 1.165) is 0 Å². The molecule has 0 aromatic carbocycles. The first-order chi connectivity index (χ1) is 4.55. The maximum absolute atomic E-state index is 9.26. The van der Waals surface area contributed by atoms with Crippen molar-refractivity contribution in [1.82, 2.24) is 5.32 Å². The minimum Gasteiger partial charge on any atom is -0.390 e. The highest BCUT2D eigenvalue weighted by Gasteiger charge is 2.38. The van der Waals surface area contributed by atoms with Crippen LogP contribution in [0.15, 0.2) is 0 Å². The van der Waals surface area contributed by atoms with Gasteiger partial charge in [0.25, 0.3) is 0 Å². The smallest absolute Gasteiger partial charge is 0.0866 e. The van der Waals surface area contributed by atoms with E-state index in [1.165, 1.54) is 0 Å². The molecule has 1 aliphatic rings. The monoisotopic (exact) mass is 146 g/mol. The molecule has 2 unspecified atom stereocenters. The molecule has 0 aromatic heterocycles. The van der Waals surface area contributed by atoms with E-state index in [0.29, 0.717) is 13.1 Å². The lowest BCUT2D eigenvalue weighted by Crippen LogP contribution is -2.66. The van der Waals surface area contributed by atoms with Gasteiger partial charge in [0.15, 0.2) is 0 Å². The fourth-order valence-electron chi connectivity index (χ4n) is 1.02. The van der Waals surface area contributed by atoms with E-state index in [-0.39, 0.29) is 0 Å². The van der Waals surface area contributed by atoms with E-state index < -0.39 is 17.7 Å². The lowest BCUT2D eigenvalue weighted by molar-refractivity contribution is -0.0231. The Morgan fingerprint density at radius 1 is 1.40 bits per heavy atom. The molecule has 0 bridgehead atoms. The van der Waals surface area contributed by atoms with Gasteiger partial charge in [0, 0.05) is 13.1 Å². The van der Waals surface area contributed by atoms with Crippen molar-refractivity contribution >= 4 is 0 Å². The van der Waals surface area contributed by atoms with Crippen LogP contribution in [-0.4, -0.2) is 41.0 Å². The molecule has 0 spiro atoms. The third-order valence-corrected chi connectivity index (χ3v) is 2.11. The van der Waals surface area contributed by atoms with Crippen LogP contribution in [0.5, 0.6) is 0 Å². The van der Waals surface area contributed by atoms with E-state index in [1.807, 2.05) is 0 Å². The molecule has 60 valence electrons. The van der Waals surface area contributed by atoms with Gasteiger partial charge in [-0.15, -0.1) is 0 Å². The van der Waals surface area contributed by atoms with Crippen molar-refractivity contribution in [3.05, 3.63) is 0 Å². The molecular weight excluding hydrogens is 132 g/mol. The molecule has 4 nitrogen and oxygen atoms in total. The highest BCUT2D eigenvalue weighted by molar-refractivity contribution is 4.99. The summed E-state index contributed by atoms with van der Waals surface area (Å²) in [6.07, 6.45) is -1.31. The second-order valence-electron chi connectivity index (χ2n) is 3.06. The molecule has 1 fully saturated rings. The van der Waals surface area contributed by atoms with Crippen molar-refractivity contribution in [2.24, 2.45) is 5.73 Å². The van der Waals surface area contributed by atoms with Gasteiger partial charge < -0.3 is 21.3 Å². The van der Waals surface area contributed by atoms with Gasteiger partial charge in [-0.2, -0.15) is 0 Å². The van der Waals surface area contributed by atoms with Crippen LogP contribution >= 0.6 is 0 Å².